The highest BCUT2D eigenvalue weighted by molar-refractivity contribution is 9.10. The predicted molar refractivity (Wildman–Crippen MR) is 75.6 cm³/mol. The molecule has 0 radical (unpaired) electrons. The first-order valence-corrected chi connectivity index (χ1v) is 6.72. The number of nitrogens with two attached hydrogens (primary N) is 1. The lowest BCUT2D eigenvalue weighted by Crippen LogP contribution is -2.41. The smallest absolute Gasteiger partial charge is 0.255 e. The van der Waals surface area contributed by atoms with Crippen LogP contribution in [0.2, 0.25) is 0 Å². The Balaban J connectivity index is 2.74. The molecule has 4 N–H and O–H groups in total. The zero-order chi connectivity index (χ0) is 13.7. The van der Waals surface area contributed by atoms with Gasteiger partial charge in [-0.3, -0.25) is 4.79 Å². The molecule has 1 rings (SSSR count). The first-order valence-electron chi connectivity index (χ1n) is 5.93. The minimum Gasteiger partial charge on any atom is -0.507 e. The van der Waals surface area contributed by atoms with Crippen LogP contribution in [0.3, 0.4) is 0 Å². The molecule has 0 aliphatic heterocycles. The van der Waals surface area contributed by atoms with Gasteiger partial charge in [0.25, 0.3) is 5.91 Å². The Morgan fingerprint density at radius 2 is 2.17 bits per heavy atom. The van der Waals surface area contributed by atoms with Crippen LogP contribution in [0.1, 0.15) is 30.6 Å². The van der Waals surface area contributed by atoms with Crippen LogP contribution < -0.4 is 11.1 Å². The molecule has 4 nitrogen and oxygen atoms in total. The molecule has 0 spiro atoms. The van der Waals surface area contributed by atoms with Gasteiger partial charge in [-0.15, -0.1) is 0 Å². The molecule has 0 aliphatic carbocycles. The number of hydrogen-bond donors (Lipinski definition) is 3. The van der Waals surface area contributed by atoms with Crippen LogP contribution in [0, 0.1) is 5.92 Å². The fourth-order valence-electron chi connectivity index (χ4n) is 1.74. The summed E-state index contributed by atoms with van der Waals surface area (Å²) in [5, 5.41) is 12.5. The van der Waals surface area contributed by atoms with E-state index in [9.17, 15) is 9.90 Å². The number of hydrogen-bond acceptors (Lipinski definition) is 3. The summed E-state index contributed by atoms with van der Waals surface area (Å²) >= 11 is 3.23. The number of carbonyl (C=O) groups is 1. The van der Waals surface area contributed by atoms with Crippen LogP contribution in [0.5, 0.6) is 5.75 Å². The number of halogens is 1. The SMILES string of the molecule is CC(C)CC(CN)NC(=O)c1ccc(Br)cc1O. The third-order valence-electron chi connectivity index (χ3n) is 2.58. The molecular formula is C13H19BrN2O2. The maximum absolute atomic E-state index is 12.0. The molecule has 0 fully saturated rings. The van der Waals surface area contributed by atoms with E-state index in [0.29, 0.717) is 12.5 Å². The van der Waals surface area contributed by atoms with Crippen LogP contribution in [-0.4, -0.2) is 23.6 Å². The van der Waals surface area contributed by atoms with E-state index in [4.69, 9.17) is 5.73 Å². The Hall–Kier alpha value is -1.07. The second-order valence-corrected chi connectivity index (χ2v) is 5.61. The number of amides is 1. The lowest BCUT2D eigenvalue weighted by molar-refractivity contribution is 0.0931. The highest BCUT2D eigenvalue weighted by Crippen LogP contribution is 2.22. The summed E-state index contributed by atoms with van der Waals surface area (Å²) in [5.41, 5.74) is 5.89. The number of aromatic hydroxyl groups is 1. The van der Waals surface area contributed by atoms with Crippen LogP contribution in [0.4, 0.5) is 0 Å². The van der Waals surface area contributed by atoms with Gasteiger partial charge in [0, 0.05) is 17.1 Å². The van der Waals surface area contributed by atoms with Gasteiger partial charge in [0.1, 0.15) is 5.75 Å². The maximum Gasteiger partial charge on any atom is 0.255 e. The summed E-state index contributed by atoms with van der Waals surface area (Å²) in [7, 11) is 0. The Morgan fingerprint density at radius 1 is 1.50 bits per heavy atom. The molecule has 1 atom stereocenters. The third-order valence-corrected chi connectivity index (χ3v) is 3.07. The van der Waals surface area contributed by atoms with Gasteiger partial charge in [0.05, 0.1) is 5.56 Å². The van der Waals surface area contributed by atoms with E-state index in [0.717, 1.165) is 10.9 Å². The van der Waals surface area contributed by atoms with Crippen molar-refractivity contribution in [3.63, 3.8) is 0 Å². The number of benzene rings is 1. The second-order valence-electron chi connectivity index (χ2n) is 4.70. The van der Waals surface area contributed by atoms with Gasteiger partial charge >= 0.3 is 0 Å². The van der Waals surface area contributed by atoms with Gasteiger partial charge in [-0.1, -0.05) is 29.8 Å². The number of rotatable bonds is 5. The van der Waals surface area contributed by atoms with Crippen molar-refractivity contribution in [3.05, 3.63) is 28.2 Å². The minimum absolute atomic E-state index is 0.0396. The summed E-state index contributed by atoms with van der Waals surface area (Å²) in [6.45, 7) is 4.54. The van der Waals surface area contributed by atoms with Crippen LogP contribution >= 0.6 is 15.9 Å². The Kier molecular flexibility index (Phi) is 5.62. The van der Waals surface area contributed by atoms with Crippen molar-refractivity contribution in [1.29, 1.82) is 0 Å². The van der Waals surface area contributed by atoms with Crippen LogP contribution in [0.15, 0.2) is 22.7 Å². The van der Waals surface area contributed by atoms with E-state index >= 15 is 0 Å². The van der Waals surface area contributed by atoms with Gasteiger partial charge in [0.15, 0.2) is 0 Å². The summed E-state index contributed by atoms with van der Waals surface area (Å²) in [4.78, 5) is 12.0. The van der Waals surface area contributed by atoms with E-state index < -0.39 is 0 Å². The topological polar surface area (TPSA) is 75.3 Å². The summed E-state index contributed by atoms with van der Waals surface area (Å²) in [6, 6.07) is 4.72. The fraction of sp³-hybridized carbons (Fsp3) is 0.462. The Morgan fingerprint density at radius 3 is 2.67 bits per heavy atom. The number of nitrogens with one attached hydrogen (secondary N) is 1. The number of carbonyl (C=O) groups excluding carboxylic acids is 1. The molecule has 0 heterocycles. The molecule has 5 heteroatoms. The standard InChI is InChI=1S/C13H19BrN2O2/c1-8(2)5-10(7-15)16-13(18)11-4-3-9(14)6-12(11)17/h3-4,6,8,10,17H,5,7,15H2,1-2H3,(H,16,18). The molecule has 0 saturated heterocycles. The molecule has 100 valence electrons. The largest absolute Gasteiger partial charge is 0.507 e. The Bertz CT molecular complexity index is 421. The monoisotopic (exact) mass is 314 g/mol. The quantitative estimate of drug-likeness (QED) is 0.780. The van der Waals surface area contributed by atoms with Crippen molar-refractivity contribution in [2.75, 3.05) is 6.54 Å². The highest BCUT2D eigenvalue weighted by atomic mass is 79.9. The normalized spacial score (nSPS) is 12.5. The van der Waals surface area contributed by atoms with Crippen molar-refractivity contribution in [3.8, 4) is 5.75 Å². The molecule has 1 amide bonds. The van der Waals surface area contributed by atoms with Crippen LogP contribution in [0.25, 0.3) is 0 Å². The van der Waals surface area contributed by atoms with Gasteiger partial charge < -0.3 is 16.2 Å². The number of phenols is 1. The molecule has 1 unspecified atom stereocenters. The van der Waals surface area contributed by atoms with E-state index in [2.05, 4.69) is 35.1 Å². The molecule has 0 aliphatic rings. The van der Waals surface area contributed by atoms with Crippen molar-refractivity contribution >= 4 is 21.8 Å². The molecule has 1 aromatic carbocycles. The van der Waals surface area contributed by atoms with Gasteiger partial charge in [0.2, 0.25) is 0 Å². The average Bonchev–Trinajstić information content (AvgIpc) is 2.27. The molecule has 0 saturated carbocycles. The summed E-state index contributed by atoms with van der Waals surface area (Å²) in [6.07, 6.45) is 0.819. The van der Waals surface area contributed by atoms with Crippen molar-refractivity contribution in [1.82, 2.24) is 5.32 Å². The first kappa shape index (κ1) is 15.0. The average molecular weight is 315 g/mol. The highest BCUT2D eigenvalue weighted by Gasteiger charge is 2.16. The minimum atomic E-state index is -0.295. The Labute approximate surface area is 116 Å². The molecular weight excluding hydrogens is 296 g/mol. The lowest BCUT2D eigenvalue weighted by Gasteiger charge is -2.19. The van der Waals surface area contributed by atoms with Crippen molar-refractivity contribution in [2.24, 2.45) is 11.7 Å². The van der Waals surface area contributed by atoms with E-state index in [-0.39, 0.29) is 23.3 Å². The van der Waals surface area contributed by atoms with Crippen molar-refractivity contribution < 1.29 is 9.90 Å². The molecule has 18 heavy (non-hydrogen) atoms. The summed E-state index contributed by atoms with van der Waals surface area (Å²) in [5.74, 6) is 0.121. The van der Waals surface area contributed by atoms with E-state index in [1.807, 2.05) is 0 Å². The first-order chi connectivity index (χ1) is 8.43. The fourth-order valence-corrected chi connectivity index (χ4v) is 2.09. The third kappa shape index (κ3) is 4.31. The molecule has 0 aromatic heterocycles. The van der Waals surface area contributed by atoms with Gasteiger partial charge in [-0.05, 0) is 30.5 Å². The summed E-state index contributed by atoms with van der Waals surface area (Å²) < 4.78 is 0.731. The van der Waals surface area contributed by atoms with Gasteiger partial charge in [-0.25, -0.2) is 0 Å². The molecule has 1 aromatic rings. The zero-order valence-electron chi connectivity index (χ0n) is 10.6. The zero-order valence-corrected chi connectivity index (χ0v) is 12.2. The second kappa shape index (κ2) is 6.75. The van der Waals surface area contributed by atoms with Gasteiger partial charge in [-0.2, -0.15) is 0 Å². The van der Waals surface area contributed by atoms with E-state index in [1.165, 1.54) is 6.07 Å². The maximum atomic E-state index is 12.0. The van der Waals surface area contributed by atoms with E-state index in [1.54, 1.807) is 12.1 Å². The number of phenolic OH excluding ortho intramolecular Hbond substituents is 1. The molecule has 0 bridgehead atoms. The van der Waals surface area contributed by atoms with Crippen LogP contribution in [-0.2, 0) is 0 Å². The van der Waals surface area contributed by atoms with Crippen molar-refractivity contribution in [2.45, 2.75) is 26.3 Å². The predicted octanol–water partition coefficient (Wildman–Crippen LogP) is 2.26. The lowest BCUT2D eigenvalue weighted by atomic mass is 10.0.